The fourth-order valence-corrected chi connectivity index (χ4v) is 2.23. The summed E-state index contributed by atoms with van der Waals surface area (Å²) in [4.78, 5) is 22.8. The van der Waals surface area contributed by atoms with Gasteiger partial charge in [0.1, 0.15) is 0 Å². The first-order valence-electron chi connectivity index (χ1n) is 6.94. The second-order valence-electron chi connectivity index (χ2n) is 5.41. The largest absolute Gasteiger partial charge is 0.466 e. The van der Waals surface area contributed by atoms with E-state index in [1.165, 1.54) is 26.2 Å². The first kappa shape index (κ1) is 15.0. The van der Waals surface area contributed by atoms with Crippen LogP contribution in [0.4, 0.5) is 0 Å². The van der Waals surface area contributed by atoms with Crippen LogP contribution in [-0.4, -0.2) is 24.5 Å². The average molecular weight is 255 g/mol. The molecule has 1 rings (SSSR count). The van der Waals surface area contributed by atoms with E-state index in [2.05, 4.69) is 5.32 Å². The number of carbonyl (C=O) groups excluding carboxylic acids is 2. The van der Waals surface area contributed by atoms with E-state index in [9.17, 15) is 9.59 Å². The molecule has 2 unspecified atom stereocenters. The summed E-state index contributed by atoms with van der Waals surface area (Å²) in [6.45, 7) is 5.54. The number of hydrogen-bond acceptors (Lipinski definition) is 3. The standard InChI is InChI=1S/C14H25NO3/c1-10(9-18-12(3)16)11(2)14(17)15-13-7-5-4-6-8-13/h10-11,13H,4-9H2,1-3H3,(H,15,17). The topological polar surface area (TPSA) is 55.4 Å². The molecule has 0 heterocycles. The maximum Gasteiger partial charge on any atom is 0.302 e. The van der Waals surface area contributed by atoms with Gasteiger partial charge in [-0.3, -0.25) is 9.59 Å². The van der Waals surface area contributed by atoms with Gasteiger partial charge < -0.3 is 10.1 Å². The van der Waals surface area contributed by atoms with E-state index in [1.807, 2.05) is 13.8 Å². The third-order valence-electron chi connectivity index (χ3n) is 3.77. The van der Waals surface area contributed by atoms with Crippen molar-refractivity contribution in [3.8, 4) is 0 Å². The zero-order valence-electron chi connectivity index (χ0n) is 11.7. The van der Waals surface area contributed by atoms with Crippen LogP contribution in [0.25, 0.3) is 0 Å². The molecule has 1 aliphatic rings. The van der Waals surface area contributed by atoms with E-state index < -0.39 is 0 Å². The molecule has 2 atom stereocenters. The van der Waals surface area contributed by atoms with E-state index in [4.69, 9.17) is 4.74 Å². The van der Waals surface area contributed by atoms with Crippen molar-refractivity contribution in [2.24, 2.45) is 11.8 Å². The number of carbonyl (C=O) groups is 2. The van der Waals surface area contributed by atoms with Crippen molar-refractivity contribution in [2.75, 3.05) is 6.61 Å². The van der Waals surface area contributed by atoms with Crippen LogP contribution in [0.2, 0.25) is 0 Å². The smallest absolute Gasteiger partial charge is 0.302 e. The van der Waals surface area contributed by atoms with Gasteiger partial charge in [-0.1, -0.05) is 33.1 Å². The molecule has 0 aromatic carbocycles. The lowest BCUT2D eigenvalue weighted by Gasteiger charge is -2.26. The normalized spacial score (nSPS) is 19.9. The number of rotatable bonds is 5. The molecule has 0 aromatic heterocycles. The lowest BCUT2D eigenvalue weighted by molar-refractivity contribution is -0.144. The summed E-state index contributed by atoms with van der Waals surface area (Å²) < 4.78 is 4.95. The molecule has 4 heteroatoms. The summed E-state index contributed by atoms with van der Waals surface area (Å²) in [6.07, 6.45) is 5.89. The van der Waals surface area contributed by atoms with Crippen LogP contribution in [0.15, 0.2) is 0 Å². The Bertz CT molecular complexity index is 285. The number of nitrogens with one attached hydrogen (secondary N) is 1. The van der Waals surface area contributed by atoms with Crippen molar-refractivity contribution < 1.29 is 14.3 Å². The predicted molar refractivity (Wildman–Crippen MR) is 70.0 cm³/mol. The Morgan fingerprint density at radius 3 is 2.39 bits per heavy atom. The lowest BCUT2D eigenvalue weighted by Crippen LogP contribution is -2.41. The highest BCUT2D eigenvalue weighted by Crippen LogP contribution is 2.19. The molecular formula is C14H25NO3. The van der Waals surface area contributed by atoms with Crippen LogP contribution in [0.1, 0.15) is 52.9 Å². The van der Waals surface area contributed by atoms with Gasteiger partial charge in [-0.15, -0.1) is 0 Å². The maximum absolute atomic E-state index is 12.0. The van der Waals surface area contributed by atoms with Crippen LogP contribution in [0.3, 0.4) is 0 Å². The van der Waals surface area contributed by atoms with Crippen LogP contribution >= 0.6 is 0 Å². The zero-order chi connectivity index (χ0) is 13.5. The van der Waals surface area contributed by atoms with Gasteiger partial charge in [-0.2, -0.15) is 0 Å². The Labute approximate surface area is 109 Å². The van der Waals surface area contributed by atoms with Crippen molar-refractivity contribution in [3.63, 3.8) is 0 Å². The molecule has 1 aliphatic carbocycles. The molecule has 0 aromatic rings. The lowest BCUT2D eigenvalue weighted by atomic mass is 9.92. The summed E-state index contributed by atoms with van der Waals surface area (Å²) in [5, 5.41) is 3.11. The minimum absolute atomic E-state index is 0.0532. The quantitative estimate of drug-likeness (QED) is 0.767. The van der Waals surface area contributed by atoms with Gasteiger partial charge in [0.25, 0.3) is 0 Å². The fourth-order valence-electron chi connectivity index (χ4n) is 2.23. The first-order valence-corrected chi connectivity index (χ1v) is 6.94. The molecule has 1 saturated carbocycles. The zero-order valence-corrected chi connectivity index (χ0v) is 11.7. The average Bonchev–Trinajstić information content (AvgIpc) is 2.36. The number of ether oxygens (including phenoxy) is 1. The minimum atomic E-state index is -0.290. The number of hydrogen-bond donors (Lipinski definition) is 1. The van der Waals surface area contributed by atoms with Crippen LogP contribution in [-0.2, 0) is 14.3 Å². The van der Waals surface area contributed by atoms with Crippen LogP contribution < -0.4 is 5.32 Å². The van der Waals surface area contributed by atoms with Gasteiger partial charge in [-0.05, 0) is 12.8 Å². The summed E-state index contributed by atoms with van der Waals surface area (Å²) in [6, 6.07) is 0.342. The van der Waals surface area contributed by atoms with E-state index in [1.54, 1.807) is 0 Å². The molecule has 0 aliphatic heterocycles. The number of esters is 1. The molecular weight excluding hydrogens is 230 g/mol. The molecule has 18 heavy (non-hydrogen) atoms. The highest BCUT2D eigenvalue weighted by molar-refractivity contribution is 5.78. The Morgan fingerprint density at radius 2 is 1.83 bits per heavy atom. The summed E-state index contributed by atoms with van der Waals surface area (Å²) in [7, 11) is 0. The van der Waals surface area contributed by atoms with E-state index in [-0.39, 0.29) is 23.7 Å². The third kappa shape index (κ3) is 5.07. The Kier molecular flexibility index (Phi) is 6.16. The molecule has 0 spiro atoms. The second kappa shape index (κ2) is 7.39. The van der Waals surface area contributed by atoms with Gasteiger partial charge in [-0.25, -0.2) is 0 Å². The Morgan fingerprint density at radius 1 is 1.22 bits per heavy atom. The van der Waals surface area contributed by atoms with Crippen molar-refractivity contribution in [1.82, 2.24) is 5.32 Å². The number of amides is 1. The van der Waals surface area contributed by atoms with Crippen molar-refractivity contribution >= 4 is 11.9 Å². The minimum Gasteiger partial charge on any atom is -0.466 e. The highest BCUT2D eigenvalue weighted by Gasteiger charge is 2.24. The van der Waals surface area contributed by atoms with Crippen molar-refractivity contribution in [3.05, 3.63) is 0 Å². The fraction of sp³-hybridized carbons (Fsp3) is 0.857. The van der Waals surface area contributed by atoms with Gasteiger partial charge in [0.15, 0.2) is 0 Å². The molecule has 0 saturated heterocycles. The van der Waals surface area contributed by atoms with Crippen LogP contribution in [0.5, 0.6) is 0 Å². The molecule has 1 fully saturated rings. The van der Waals surface area contributed by atoms with E-state index in [0.717, 1.165) is 12.8 Å². The summed E-state index contributed by atoms with van der Waals surface area (Å²) in [5.41, 5.74) is 0. The van der Waals surface area contributed by atoms with Gasteiger partial charge in [0, 0.05) is 24.8 Å². The van der Waals surface area contributed by atoms with Gasteiger partial charge >= 0.3 is 5.97 Å². The van der Waals surface area contributed by atoms with Crippen molar-refractivity contribution in [1.29, 1.82) is 0 Å². The Balaban J connectivity index is 2.32. The molecule has 1 amide bonds. The van der Waals surface area contributed by atoms with Gasteiger partial charge in [0.2, 0.25) is 5.91 Å². The van der Waals surface area contributed by atoms with Crippen molar-refractivity contribution in [2.45, 2.75) is 58.9 Å². The molecule has 104 valence electrons. The maximum atomic E-state index is 12.0. The molecule has 0 bridgehead atoms. The molecule has 0 radical (unpaired) electrons. The van der Waals surface area contributed by atoms with Crippen LogP contribution in [0, 0.1) is 11.8 Å². The molecule has 4 nitrogen and oxygen atoms in total. The highest BCUT2D eigenvalue weighted by atomic mass is 16.5. The predicted octanol–water partition coefficient (Wildman–Crippen LogP) is 2.27. The van der Waals surface area contributed by atoms with E-state index >= 15 is 0 Å². The Hall–Kier alpha value is -1.06. The molecule has 1 N–H and O–H groups in total. The van der Waals surface area contributed by atoms with E-state index in [0.29, 0.717) is 12.6 Å². The van der Waals surface area contributed by atoms with Gasteiger partial charge in [0.05, 0.1) is 6.61 Å². The first-order chi connectivity index (χ1) is 8.50. The second-order valence-corrected chi connectivity index (χ2v) is 5.41. The SMILES string of the molecule is CC(=O)OCC(C)C(C)C(=O)NC1CCCCC1. The summed E-state index contributed by atoms with van der Waals surface area (Å²) in [5.74, 6) is -0.271. The monoisotopic (exact) mass is 255 g/mol. The summed E-state index contributed by atoms with van der Waals surface area (Å²) >= 11 is 0. The third-order valence-corrected chi connectivity index (χ3v) is 3.77.